The number of likely N-dealkylation sites (N-methyl/N-ethyl adjacent to an activating group) is 1. The fraction of sp³-hybridized carbons (Fsp3) is 0.571. The third kappa shape index (κ3) is 3.79. The summed E-state index contributed by atoms with van der Waals surface area (Å²) in [5.74, 6) is -0.121. The lowest BCUT2D eigenvalue weighted by atomic mass is 10.1. The molecule has 1 unspecified atom stereocenters. The van der Waals surface area contributed by atoms with Crippen LogP contribution in [0.3, 0.4) is 0 Å². The molecule has 0 N–H and O–H groups in total. The van der Waals surface area contributed by atoms with E-state index in [1.807, 2.05) is 19.2 Å². The first-order chi connectivity index (χ1) is 8.25. The van der Waals surface area contributed by atoms with Crippen molar-refractivity contribution in [2.24, 2.45) is 0 Å². The maximum atomic E-state index is 13.5. The highest BCUT2D eigenvalue weighted by Gasteiger charge is 2.16. The Labute approximate surface area is 102 Å². The van der Waals surface area contributed by atoms with E-state index in [0.29, 0.717) is 12.6 Å². The zero-order valence-corrected chi connectivity index (χ0v) is 10.4. The summed E-state index contributed by atoms with van der Waals surface area (Å²) in [4.78, 5) is 2.13. The number of ether oxygens (including phenoxy) is 1. The smallest absolute Gasteiger partial charge is 0.127 e. The average molecular weight is 237 g/mol. The summed E-state index contributed by atoms with van der Waals surface area (Å²) in [5, 5.41) is 0. The van der Waals surface area contributed by atoms with Crippen molar-refractivity contribution in [3.05, 3.63) is 35.6 Å². The normalized spacial score (nSPS) is 20.8. The van der Waals surface area contributed by atoms with E-state index in [4.69, 9.17) is 4.74 Å². The van der Waals surface area contributed by atoms with E-state index in [9.17, 15) is 4.39 Å². The van der Waals surface area contributed by atoms with Crippen molar-refractivity contribution in [1.29, 1.82) is 0 Å². The molecule has 0 amide bonds. The molecule has 17 heavy (non-hydrogen) atoms. The third-order valence-electron chi connectivity index (χ3n) is 3.19. The van der Waals surface area contributed by atoms with Gasteiger partial charge in [-0.15, -0.1) is 0 Å². The summed E-state index contributed by atoms with van der Waals surface area (Å²) in [5.41, 5.74) is 0.755. The van der Waals surface area contributed by atoms with Gasteiger partial charge in [0.2, 0.25) is 0 Å². The van der Waals surface area contributed by atoms with Crippen molar-refractivity contribution in [1.82, 2.24) is 4.90 Å². The molecule has 1 heterocycles. The van der Waals surface area contributed by atoms with Crippen LogP contribution in [-0.4, -0.2) is 31.2 Å². The van der Waals surface area contributed by atoms with Gasteiger partial charge in [-0.3, -0.25) is 4.90 Å². The topological polar surface area (TPSA) is 12.5 Å². The molecule has 0 bridgehead atoms. The van der Waals surface area contributed by atoms with E-state index in [1.54, 1.807) is 6.07 Å². The Hall–Kier alpha value is -0.930. The van der Waals surface area contributed by atoms with Gasteiger partial charge in [-0.25, -0.2) is 4.39 Å². The molecule has 1 atom stereocenters. The number of hydrogen-bond acceptors (Lipinski definition) is 2. The first-order valence-electron chi connectivity index (χ1n) is 6.29. The van der Waals surface area contributed by atoms with Crippen molar-refractivity contribution >= 4 is 0 Å². The molecule has 2 rings (SSSR count). The van der Waals surface area contributed by atoms with Crippen LogP contribution in [0.4, 0.5) is 4.39 Å². The van der Waals surface area contributed by atoms with Crippen molar-refractivity contribution < 1.29 is 9.13 Å². The number of rotatable bonds is 4. The van der Waals surface area contributed by atoms with Crippen LogP contribution in [0.1, 0.15) is 24.8 Å². The number of halogens is 1. The first-order valence-corrected chi connectivity index (χ1v) is 6.29. The second kappa shape index (κ2) is 6.12. The molecule has 1 aliphatic rings. The van der Waals surface area contributed by atoms with Gasteiger partial charge in [0.1, 0.15) is 5.82 Å². The third-order valence-corrected chi connectivity index (χ3v) is 3.19. The van der Waals surface area contributed by atoms with E-state index in [0.717, 1.165) is 25.1 Å². The van der Waals surface area contributed by atoms with Crippen LogP contribution in [-0.2, 0) is 11.3 Å². The molecule has 1 saturated heterocycles. The van der Waals surface area contributed by atoms with Gasteiger partial charge in [0.05, 0.1) is 6.10 Å². The van der Waals surface area contributed by atoms with Gasteiger partial charge in [-0.1, -0.05) is 18.2 Å². The molecule has 1 aromatic carbocycles. The lowest BCUT2D eigenvalue weighted by Gasteiger charge is -2.27. The Kier molecular flexibility index (Phi) is 4.51. The maximum Gasteiger partial charge on any atom is 0.127 e. The minimum atomic E-state index is -0.121. The molecule has 94 valence electrons. The summed E-state index contributed by atoms with van der Waals surface area (Å²) in [7, 11) is 2.02. The molecule has 2 nitrogen and oxygen atoms in total. The van der Waals surface area contributed by atoms with Crippen LogP contribution in [0.5, 0.6) is 0 Å². The monoisotopic (exact) mass is 237 g/mol. The van der Waals surface area contributed by atoms with Gasteiger partial charge in [-0.05, 0) is 32.4 Å². The highest BCUT2D eigenvalue weighted by molar-refractivity contribution is 5.16. The quantitative estimate of drug-likeness (QED) is 0.798. The maximum absolute atomic E-state index is 13.5. The predicted octanol–water partition coefficient (Wildman–Crippen LogP) is 2.83. The van der Waals surface area contributed by atoms with Gasteiger partial charge in [-0.2, -0.15) is 0 Å². The Morgan fingerprint density at radius 1 is 1.35 bits per heavy atom. The van der Waals surface area contributed by atoms with Crippen molar-refractivity contribution in [3.8, 4) is 0 Å². The number of nitrogens with zero attached hydrogens (tertiary/aromatic N) is 1. The van der Waals surface area contributed by atoms with Gasteiger partial charge in [0, 0.05) is 25.3 Å². The second-order valence-electron chi connectivity index (χ2n) is 4.78. The highest BCUT2D eigenvalue weighted by Crippen LogP contribution is 2.15. The molecule has 0 radical (unpaired) electrons. The molecule has 0 saturated carbocycles. The zero-order chi connectivity index (χ0) is 12.1. The standard InChI is InChI=1S/C14H20FNO/c1-16(11-13-7-4-5-9-17-13)10-12-6-2-3-8-14(12)15/h2-3,6,8,13H,4-5,7,9-11H2,1H3. The lowest BCUT2D eigenvalue weighted by Crippen LogP contribution is -2.33. The number of benzene rings is 1. The zero-order valence-electron chi connectivity index (χ0n) is 10.4. The van der Waals surface area contributed by atoms with E-state index < -0.39 is 0 Å². The molecule has 0 aliphatic carbocycles. The van der Waals surface area contributed by atoms with E-state index in [-0.39, 0.29) is 5.82 Å². The molecular weight excluding hydrogens is 217 g/mol. The highest BCUT2D eigenvalue weighted by atomic mass is 19.1. The molecule has 0 aromatic heterocycles. The Morgan fingerprint density at radius 2 is 2.18 bits per heavy atom. The van der Waals surface area contributed by atoms with Crippen molar-refractivity contribution in [3.63, 3.8) is 0 Å². The fourth-order valence-electron chi connectivity index (χ4n) is 2.28. The predicted molar refractivity (Wildman–Crippen MR) is 66.3 cm³/mol. The van der Waals surface area contributed by atoms with Gasteiger partial charge < -0.3 is 4.74 Å². The van der Waals surface area contributed by atoms with Crippen molar-refractivity contribution in [2.75, 3.05) is 20.2 Å². The summed E-state index contributed by atoms with van der Waals surface area (Å²) in [6.45, 7) is 2.40. The Morgan fingerprint density at radius 3 is 2.88 bits per heavy atom. The summed E-state index contributed by atoms with van der Waals surface area (Å²) in [6, 6.07) is 6.96. The van der Waals surface area contributed by atoms with Crippen LogP contribution in [0, 0.1) is 5.82 Å². The average Bonchev–Trinajstić information content (AvgIpc) is 2.33. The molecule has 0 spiro atoms. The van der Waals surface area contributed by atoms with E-state index >= 15 is 0 Å². The minimum absolute atomic E-state index is 0.121. The Bertz CT molecular complexity index is 350. The van der Waals surface area contributed by atoms with Gasteiger partial charge in [0.25, 0.3) is 0 Å². The molecule has 1 fully saturated rings. The minimum Gasteiger partial charge on any atom is -0.377 e. The van der Waals surface area contributed by atoms with E-state index in [1.165, 1.54) is 18.9 Å². The SMILES string of the molecule is CN(Cc1ccccc1F)CC1CCCCO1. The van der Waals surface area contributed by atoms with Crippen LogP contribution < -0.4 is 0 Å². The lowest BCUT2D eigenvalue weighted by molar-refractivity contribution is -0.00272. The molecule has 1 aliphatic heterocycles. The molecule has 3 heteroatoms. The van der Waals surface area contributed by atoms with Crippen LogP contribution in [0.15, 0.2) is 24.3 Å². The second-order valence-corrected chi connectivity index (χ2v) is 4.78. The largest absolute Gasteiger partial charge is 0.377 e. The van der Waals surface area contributed by atoms with Crippen LogP contribution in [0.2, 0.25) is 0 Å². The van der Waals surface area contributed by atoms with Gasteiger partial charge in [0.15, 0.2) is 0 Å². The summed E-state index contributed by atoms with van der Waals surface area (Å²) in [6.07, 6.45) is 3.87. The number of hydrogen-bond donors (Lipinski definition) is 0. The van der Waals surface area contributed by atoms with E-state index in [2.05, 4.69) is 4.90 Å². The summed E-state index contributed by atoms with van der Waals surface area (Å²) >= 11 is 0. The van der Waals surface area contributed by atoms with Crippen LogP contribution in [0.25, 0.3) is 0 Å². The van der Waals surface area contributed by atoms with Crippen LogP contribution >= 0.6 is 0 Å². The molecule has 1 aromatic rings. The summed E-state index contributed by atoms with van der Waals surface area (Å²) < 4.78 is 19.2. The molecular formula is C14H20FNO. The van der Waals surface area contributed by atoms with Crippen molar-refractivity contribution in [2.45, 2.75) is 31.9 Å². The van der Waals surface area contributed by atoms with Gasteiger partial charge >= 0.3 is 0 Å². The first kappa shape index (κ1) is 12.5. The fourth-order valence-corrected chi connectivity index (χ4v) is 2.28. The Balaban J connectivity index is 1.84.